The maximum atomic E-state index is 12.9. The van der Waals surface area contributed by atoms with Gasteiger partial charge in [-0.3, -0.25) is 19.6 Å². The van der Waals surface area contributed by atoms with E-state index < -0.39 is 0 Å². The molecule has 2 aromatic heterocycles. The Balaban J connectivity index is 1.46. The van der Waals surface area contributed by atoms with Gasteiger partial charge in [0.15, 0.2) is 0 Å². The summed E-state index contributed by atoms with van der Waals surface area (Å²) >= 11 is 10.5. The number of thioether (sulfide) groups is 6. The third-order valence-electron chi connectivity index (χ3n) is 4.86. The van der Waals surface area contributed by atoms with E-state index >= 15 is 0 Å². The van der Waals surface area contributed by atoms with Crippen LogP contribution in [0.3, 0.4) is 0 Å². The van der Waals surface area contributed by atoms with E-state index in [1.165, 1.54) is 16.9 Å². The molecule has 0 saturated heterocycles. The van der Waals surface area contributed by atoms with E-state index in [1.807, 2.05) is 12.1 Å². The molecule has 0 fully saturated rings. The summed E-state index contributed by atoms with van der Waals surface area (Å²) in [6.45, 7) is 0. The monoisotopic (exact) mass is 586 g/mol. The van der Waals surface area contributed by atoms with Crippen LogP contribution >= 0.6 is 70.6 Å². The van der Waals surface area contributed by atoms with Gasteiger partial charge in [0.2, 0.25) is 0 Å². The standard InChI is InChI=1S/C24H18N4O2S6/c1-31-21-22(32-2)36-24(35-21)23-33-17-11-15(27-19(29)13-7-3-5-9-25-13)16(12-18(17)34-23)28-20(30)14-8-4-6-10-26-14/h3-12H,1-2H3,(H,27,29)(H,28,30). The van der Waals surface area contributed by atoms with E-state index in [-0.39, 0.29) is 11.8 Å². The number of hydrogen-bond donors (Lipinski definition) is 2. The van der Waals surface area contributed by atoms with Gasteiger partial charge in [-0.05, 0) is 48.9 Å². The smallest absolute Gasteiger partial charge is 0.274 e. The summed E-state index contributed by atoms with van der Waals surface area (Å²) in [4.78, 5) is 36.1. The normalized spacial score (nSPS) is 14.7. The number of rotatable bonds is 6. The minimum Gasteiger partial charge on any atom is -0.319 e. The van der Waals surface area contributed by atoms with Crippen LogP contribution in [0.1, 0.15) is 21.0 Å². The molecular weight excluding hydrogens is 569 g/mol. The molecule has 2 aliphatic heterocycles. The van der Waals surface area contributed by atoms with Gasteiger partial charge in [0.25, 0.3) is 11.8 Å². The van der Waals surface area contributed by atoms with Crippen molar-refractivity contribution in [1.82, 2.24) is 9.97 Å². The highest BCUT2D eigenvalue weighted by Gasteiger charge is 2.29. The zero-order valence-electron chi connectivity index (χ0n) is 18.9. The number of nitrogens with one attached hydrogen (secondary N) is 2. The Hall–Kier alpha value is -1.96. The molecule has 5 rings (SSSR count). The first-order chi connectivity index (χ1) is 17.6. The van der Waals surface area contributed by atoms with Crippen molar-refractivity contribution in [2.75, 3.05) is 23.1 Å². The lowest BCUT2D eigenvalue weighted by atomic mass is 10.2. The van der Waals surface area contributed by atoms with Gasteiger partial charge in [0, 0.05) is 22.2 Å². The molecule has 0 saturated carbocycles. The van der Waals surface area contributed by atoms with Crippen LogP contribution in [0.4, 0.5) is 11.4 Å². The number of hydrogen-bond acceptors (Lipinski definition) is 10. The van der Waals surface area contributed by atoms with Crippen molar-refractivity contribution < 1.29 is 9.59 Å². The van der Waals surface area contributed by atoms with E-state index in [0.717, 1.165) is 9.79 Å². The summed E-state index contributed by atoms with van der Waals surface area (Å²) in [6, 6.07) is 14.2. The van der Waals surface area contributed by atoms with Crippen LogP contribution in [-0.4, -0.2) is 34.3 Å². The Morgan fingerprint density at radius 3 is 1.53 bits per heavy atom. The number of nitrogens with zero attached hydrogens (tertiary/aromatic N) is 2. The van der Waals surface area contributed by atoms with Crippen molar-refractivity contribution in [3.8, 4) is 0 Å². The molecule has 36 heavy (non-hydrogen) atoms. The van der Waals surface area contributed by atoms with Crippen molar-refractivity contribution in [1.29, 1.82) is 0 Å². The molecule has 0 spiro atoms. The van der Waals surface area contributed by atoms with Gasteiger partial charge >= 0.3 is 0 Å². The largest absolute Gasteiger partial charge is 0.319 e. The number of fused-ring (bicyclic) bond motifs is 1. The average Bonchev–Trinajstić information content (AvgIpc) is 3.53. The minimum absolute atomic E-state index is 0.295. The molecule has 0 radical (unpaired) electrons. The van der Waals surface area contributed by atoms with Crippen LogP contribution in [0.5, 0.6) is 0 Å². The quantitative estimate of drug-likeness (QED) is 0.301. The molecule has 182 valence electrons. The fraction of sp³-hybridized carbons (Fsp3) is 0.0833. The van der Waals surface area contributed by atoms with Gasteiger partial charge in [0.1, 0.15) is 11.4 Å². The molecule has 6 nitrogen and oxygen atoms in total. The zero-order chi connectivity index (χ0) is 25.1. The average molecular weight is 587 g/mol. The molecule has 4 heterocycles. The summed E-state index contributed by atoms with van der Waals surface area (Å²) < 4.78 is 5.09. The van der Waals surface area contributed by atoms with E-state index in [4.69, 9.17) is 0 Å². The van der Waals surface area contributed by atoms with Gasteiger partial charge in [-0.2, -0.15) is 0 Å². The van der Waals surface area contributed by atoms with E-state index in [1.54, 1.807) is 119 Å². The number of aromatic nitrogens is 2. The number of carbonyl (C=O) groups excluding carboxylic acids is 2. The number of pyridine rings is 2. The number of amides is 2. The molecule has 2 amide bonds. The van der Waals surface area contributed by atoms with Gasteiger partial charge < -0.3 is 10.6 Å². The highest BCUT2D eigenvalue weighted by molar-refractivity contribution is 8.41. The third-order valence-corrected chi connectivity index (χ3v) is 13.1. The predicted molar refractivity (Wildman–Crippen MR) is 159 cm³/mol. The lowest BCUT2D eigenvalue weighted by molar-refractivity contribution is 0.101. The van der Waals surface area contributed by atoms with Crippen LogP contribution in [0.25, 0.3) is 0 Å². The molecule has 2 aliphatic rings. The maximum Gasteiger partial charge on any atom is 0.274 e. The molecule has 12 heteroatoms. The molecule has 1 aromatic carbocycles. The van der Waals surface area contributed by atoms with Gasteiger partial charge in [-0.15, -0.1) is 23.5 Å². The first-order valence-corrected chi connectivity index (χ1v) is 16.2. The summed E-state index contributed by atoms with van der Waals surface area (Å²) in [6.07, 6.45) is 7.35. The predicted octanol–water partition coefficient (Wildman–Crippen LogP) is 7.64. The fourth-order valence-electron chi connectivity index (χ4n) is 3.20. The van der Waals surface area contributed by atoms with Gasteiger partial charge in [0.05, 0.1) is 28.3 Å². The van der Waals surface area contributed by atoms with Crippen molar-refractivity contribution in [3.05, 3.63) is 89.3 Å². The summed E-state index contributed by atoms with van der Waals surface area (Å²) in [5.41, 5.74) is 1.60. The number of anilines is 2. The van der Waals surface area contributed by atoms with Crippen LogP contribution in [0.15, 0.2) is 87.7 Å². The van der Waals surface area contributed by atoms with E-state index in [0.29, 0.717) is 22.8 Å². The molecule has 0 atom stereocenters. The second-order valence-corrected chi connectivity index (χ2v) is 14.0. The third kappa shape index (κ3) is 5.63. The first kappa shape index (κ1) is 25.7. The zero-order valence-corrected chi connectivity index (χ0v) is 23.8. The minimum atomic E-state index is -0.349. The lowest BCUT2D eigenvalue weighted by Crippen LogP contribution is -2.18. The highest BCUT2D eigenvalue weighted by Crippen LogP contribution is 2.64. The van der Waals surface area contributed by atoms with Crippen molar-refractivity contribution >= 4 is 93.8 Å². The second-order valence-electron chi connectivity index (χ2n) is 7.15. The van der Waals surface area contributed by atoms with Crippen LogP contribution in [0, 0.1) is 0 Å². The van der Waals surface area contributed by atoms with Crippen molar-refractivity contribution in [2.24, 2.45) is 0 Å². The summed E-state index contributed by atoms with van der Waals surface area (Å²) in [5, 5.41) is 5.86. The Morgan fingerprint density at radius 2 is 1.14 bits per heavy atom. The molecular formula is C24H18N4O2S6. The summed E-state index contributed by atoms with van der Waals surface area (Å²) in [5.74, 6) is -0.697. The van der Waals surface area contributed by atoms with Crippen molar-refractivity contribution in [3.63, 3.8) is 0 Å². The Labute approximate surface area is 234 Å². The molecule has 3 aromatic rings. The molecule has 2 N–H and O–H groups in total. The van der Waals surface area contributed by atoms with Gasteiger partial charge in [-0.1, -0.05) is 59.2 Å². The molecule has 0 aliphatic carbocycles. The second kappa shape index (κ2) is 11.6. The Morgan fingerprint density at radius 1 is 0.694 bits per heavy atom. The Bertz CT molecular complexity index is 1290. The van der Waals surface area contributed by atoms with E-state index in [9.17, 15) is 9.59 Å². The topological polar surface area (TPSA) is 84.0 Å². The van der Waals surface area contributed by atoms with E-state index in [2.05, 4.69) is 33.1 Å². The Kier molecular flexibility index (Phi) is 8.28. The molecule has 0 unspecified atom stereocenters. The van der Waals surface area contributed by atoms with Crippen LogP contribution in [-0.2, 0) is 0 Å². The maximum absolute atomic E-state index is 12.9. The fourth-order valence-corrected chi connectivity index (χ4v) is 11.1. The summed E-state index contributed by atoms with van der Waals surface area (Å²) in [7, 11) is 0. The van der Waals surface area contributed by atoms with Crippen LogP contribution in [0.2, 0.25) is 0 Å². The molecule has 0 bridgehead atoms. The van der Waals surface area contributed by atoms with Crippen LogP contribution < -0.4 is 10.6 Å². The SMILES string of the molecule is CSC1=C(SC)SC(=C2Sc3cc(NC(=O)c4ccccn4)c(NC(=O)c4ccccn4)cc3S2)S1. The van der Waals surface area contributed by atoms with Crippen molar-refractivity contribution in [2.45, 2.75) is 9.79 Å². The highest BCUT2D eigenvalue weighted by atomic mass is 32.3. The number of benzene rings is 1. The number of carbonyl (C=O) groups is 2. The van der Waals surface area contributed by atoms with Gasteiger partial charge in [-0.25, -0.2) is 0 Å². The lowest BCUT2D eigenvalue weighted by Gasteiger charge is -2.14. The first-order valence-electron chi connectivity index (χ1n) is 10.5.